The number of methoxy groups -OCH3 is 2. The molecule has 2 aliphatic carbocycles. The van der Waals surface area contributed by atoms with Gasteiger partial charge in [-0.05, 0) is 36.1 Å². The molecule has 1 N–H and O–H groups in total. The van der Waals surface area contributed by atoms with Gasteiger partial charge in [-0.15, -0.1) is 6.58 Å². The number of rotatable bonds is 6. The summed E-state index contributed by atoms with van der Waals surface area (Å²) in [6, 6.07) is 5.08. The molecule has 0 saturated heterocycles. The van der Waals surface area contributed by atoms with Gasteiger partial charge in [0.1, 0.15) is 6.10 Å². The number of benzene rings is 1. The fourth-order valence-electron chi connectivity index (χ4n) is 4.95. The van der Waals surface area contributed by atoms with Crippen molar-refractivity contribution in [3.05, 3.63) is 48.3 Å². The molecule has 28 heavy (non-hydrogen) atoms. The highest BCUT2D eigenvalue weighted by Crippen LogP contribution is 2.62. The lowest BCUT2D eigenvalue weighted by Crippen LogP contribution is -2.44. The average molecular weight is 386 g/mol. The molecule has 0 aromatic heterocycles. The Morgan fingerprint density at radius 3 is 2.57 bits per heavy atom. The van der Waals surface area contributed by atoms with Crippen LogP contribution in [0.1, 0.15) is 31.7 Å². The first kappa shape index (κ1) is 20.0. The van der Waals surface area contributed by atoms with Crippen molar-refractivity contribution in [2.24, 2.45) is 17.3 Å². The van der Waals surface area contributed by atoms with Crippen molar-refractivity contribution in [1.29, 1.82) is 0 Å². The van der Waals surface area contributed by atoms with Crippen LogP contribution < -0.4 is 4.74 Å². The van der Waals surface area contributed by atoms with E-state index in [1.54, 1.807) is 24.3 Å². The summed E-state index contributed by atoms with van der Waals surface area (Å²) in [5.74, 6) is -0.847. The Morgan fingerprint density at radius 1 is 1.29 bits per heavy atom. The molecule has 150 valence electrons. The lowest BCUT2D eigenvalue weighted by atomic mass is 9.70. The first-order chi connectivity index (χ1) is 13.3. The quantitative estimate of drug-likeness (QED) is 0.596. The number of esters is 1. The van der Waals surface area contributed by atoms with Gasteiger partial charge in [0, 0.05) is 18.3 Å². The van der Waals surface area contributed by atoms with Gasteiger partial charge in [-0.25, -0.2) is 0 Å². The Hall–Kier alpha value is -2.76. The van der Waals surface area contributed by atoms with E-state index in [2.05, 4.69) is 6.58 Å². The summed E-state index contributed by atoms with van der Waals surface area (Å²) in [4.78, 5) is 25.1. The van der Waals surface area contributed by atoms with E-state index >= 15 is 0 Å². The maximum absolute atomic E-state index is 13.2. The SMILES string of the molecule is C=CC[C@]12C=C(OC)C(=O)[C@H]([C@@H](c3ccc(O)c(OC)c3)[C@@H]1C)[C@@H]2OC(C)=O. The largest absolute Gasteiger partial charge is 0.504 e. The second-order valence-electron chi connectivity index (χ2n) is 7.48. The first-order valence-electron chi connectivity index (χ1n) is 9.26. The third kappa shape index (κ3) is 2.87. The van der Waals surface area contributed by atoms with Crippen molar-refractivity contribution in [2.75, 3.05) is 14.2 Å². The molecule has 0 unspecified atom stereocenters. The molecular weight excluding hydrogens is 360 g/mol. The number of carbonyl (C=O) groups excluding carboxylic acids is 2. The number of carbonyl (C=O) groups is 2. The molecule has 0 radical (unpaired) electrons. The molecule has 6 heteroatoms. The van der Waals surface area contributed by atoms with Gasteiger partial charge in [-0.3, -0.25) is 9.59 Å². The van der Waals surface area contributed by atoms with Crippen molar-refractivity contribution < 1.29 is 28.9 Å². The summed E-state index contributed by atoms with van der Waals surface area (Å²) < 4.78 is 16.3. The van der Waals surface area contributed by atoms with E-state index in [1.165, 1.54) is 21.1 Å². The molecular formula is C22H26O6. The summed E-state index contributed by atoms with van der Waals surface area (Å²) in [7, 11) is 2.95. The lowest BCUT2D eigenvalue weighted by Gasteiger charge is -2.38. The van der Waals surface area contributed by atoms with Gasteiger partial charge >= 0.3 is 5.97 Å². The first-order valence-corrected chi connectivity index (χ1v) is 9.26. The van der Waals surface area contributed by atoms with Crippen molar-refractivity contribution in [2.45, 2.75) is 32.3 Å². The van der Waals surface area contributed by atoms with E-state index in [0.29, 0.717) is 12.2 Å². The van der Waals surface area contributed by atoms with Gasteiger partial charge < -0.3 is 19.3 Å². The van der Waals surface area contributed by atoms with Crippen LogP contribution in [0, 0.1) is 17.3 Å². The predicted octanol–water partition coefficient (Wildman–Crippen LogP) is 3.36. The minimum atomic E-state index is -0.616. The van der Waals surface area contributed by atoms with Crippen LogP contribution in [0.15, 0.2) is 42.7 Å². The van der Waals surface area contributed by atoms with Crippen molar-refractivity contribution in [3.63, 3.8) is 0 Å². The zero-order valence-electron chi connectivity index (χ0n) is 16.6. The fourth-order valence-corrected chi connectivity index (χ4v) is 4.95. The molecule has 1 aromatic rings. The Kier molecular flexibility index (Phi) is 5.24. The normalized spacial score (nSPS) is 31.1. The van der Waals surface area contributed by atoms with Crippen LogP contribution in [-0.4, -0.2) is 37.2 Å². The molecule has 5 atom stereocenters. The second kappa shape index (κ2) is 7.34. The zero-order chi connectivity index (χ0) is 20.6. The number of hydrogen-bond acceptors (Lipinski definition) is 6. The molecule has 0 spiro atoms. The monoisotopic (exact) mass is 386 g/mol. The molecule has 1 saturated carbocycles. The third-order valence-electron chi connectivity index (χ3n) is 6.17. The topological polar surface area (TPSA) is 82.1 Å². The van der Waals surface area contributed by atoms with Crippen molar-refractivity contribution >= 4 is 11.8 Å². The highest BCUT2D eigenvalue weighted by atomic mass is 16.5. The van der Waals surface area contributed by atoms with Gasteiger partial charge in [0.2, 0.25) is 5.78 Å². The summed E-state index contributed by atoms with van der Waals surface area (Å²) in [6.07, 6.45) is 3.51. The number of Topliss-reactive ketones (excluding diaryl/α,β-unsaturated/α-hetero) is 1. The minimum absolute atomic E-state index is 0.0271. The number of ether oxygens (including phenoxy) is 3. The summed E-state index contributed by atoms with van der Waals surface area (Å²) in [5, 5.41) is 9.96. The van der Waals surface area contributed by atoms with E-state index in [1.807, 2.05) is 13.0 Å². The number of aromatic hydroxyl groups is 1. The van der Waals surface area contributed by atoms with Crippen LogP contribution in [0.5, 0.6) is 11.5 Å². The highest BCUT2D eigenvalue weighted by Gasteiger charge is 2.64. The van der Waals surface area contributed by atoms with E-state index < -0.39 is 23.4 Å². The van der Waals surface area contributed by atoms with Crippen LogP contribution >= 0.6 is 0 Å². The number of phenols is 1. The Labute approximate surface area is 164 Å². The molecule has 1 aromatic carbocycles. The van der Waals surface area contributed by atoms with E-state index in [0.717, 1.165) is 5.56 Å². The van der Waals surface area contributed by atoms with Gasteiger partial charge in [0.25, 0.3) is 0 Å². The van der Waals surface area contributed by atoms with Crippen LogP contribution in [0.4, 0.5) is 0 Å². The fraction of sp³-hybridized carbons (Fsp3) is 0.455. The van der Waals surface area contributed by atoms with E-state index in [9.17, 15) is 14.7 Å². The van der Waals surface area contributed by atoms with Gasteiger partial charge in [0.05, 0.1) is 20.1 Å². The van der Waals surface area contributed by atoms with Crippen LogP contribution in [-0.2, 0) is 19.1 Å². The Balaban J connectivity index is 2.20. The zero-order valence-corrected chi connectivity index (χ0v) is 16.6. The Bertz CT molecular complexity index is 841. The summed E-state index contributed by atoms with van der Waals surface area (Å²) in [5.41, 5.74) is 0.238. The number of ketones is 1. The second-order valence-corrected chi connectivity index (χ2v) is 7.48. The standard InChI is InChI=1S/C22H26O6/c1-6-9-22-11-17(27-5)20(25)19(21(22)28-13(3)23)18(12(22)2)14-7-8-15(24)16(10-14)26-4/h6-8,10-12,18-19,21,24H,1,9H2,2-5H3/t12-,18+,19-,21-,22-/m0/s1. The molecule has 3 rings (SSSR count). The van der Waals surface area contributed by atoms with Crippen molar-refractivity contribution in [1.82, 2.24) is 0 Å². The molecule has 2 bridgehead atoms. The molecule has 6 nitrogen and oxygen atoms in total. The van der Waals surface area contributed by atoms with Gasteiger partial charge in [0.15, 0.2) is 17.3 Å². The third-order valence-corrected chi connectivity index (χ3v) is 6.17. The number of fused-ring (bicyclic) bond motifs is 2. The number of allylic oxidation sites excluding steroid dienone is 2. The molecule has 0 amide bonds. The van der Waals surface area contributed by atoms with Gasteiger partial charge in [-0.1, -0.05) is 19.1 Å². The minimum Gasteiger partial charge on any atom is -0.504 e. The maximum atomic E-state index is 13.2. The van der Waals surface area contributed by atoms with E-state index in [-0.39, 0.29) is 29.1 Å². The van der Waals surface area contributed by atoms with Crippen LogP contribution in [0.2, 0.25) is 0 Å². The van der Waals surface area contributed by atoms with E-state index in [4.69, 9.17) is 14.2 Å². The van der Waals surface area contributed by atoms with Gasteiger partial charge in [-0.2, -0.15) is 0 Å². The number of hydrogen-bond donors (Lipinski definition) is 1. The Morgan fingerprint density at radius 2 is 2.00 bits per heavy atom. The summed E-state index contributed by atoms with van der Waals surface area (Å²) >= 11 is 0. The molecule has 0 aliphatic heterocycles. The molecule has 1 fully saturated rings. The van der Waals surface area contributed by atoms with Crippen molar-refractivity contribution in [3.8, 4) is 11.5 Å². The lowest BCUT2D eigenvalue weighted by molar-refractivity contribution is -0.156. The maximum Gasteiger partial charge on any atom is 0.302 e. The number of phenolic OH excluding ortho intramolecular Hbond substituents is 1. The molecule has 2 aliphatic rings. The smallest absolute Gasteiger partial charge is 0.302 e. The van der Waals surface area contributed by atoms with Crippen LogP contribution in [0.3, 0.4) is 0 Å². The highest BCUT2D eigenvalue weighted by molar-refractivity contribution is 5.99. The summed E-state index contributed by atoms with van der Waals surface area (Å²) in [6.45, 7) is 7.27. The predicted molar refractivity (Wildman–Crippen MR) is 103 cm³/mol. The van der Waals surface area contributed by atoms with Crippen LogP contribution in [0.25, 0.3) is 0 Å². The average Bonchev–Trinajstić information content (AvgIpc) is 2.82. The molecule has 0 heterocycles.